The lowest BCUT2D eigenvalue weighted by molar-refractivity contribution is -0.385. The van der Waals surface area contributed by atoms with Gasteiger partial charge in [-0.1, -0.05) is 12.1 Å². The second-order valence-electron chi connectivity index (χ2n) is 6.92. The summed E-state index contributed by atoms with van der Waals surface area (Å²) in [7, 11) is 0. The summed E-state index contributed by atoms with van der Waals surface area (Å²) in [5.74, 6) is -1.48. The Morgan fingerprint density at radius 3 is 2.29 bits per heavy atom. The number of hydrazine groups is 1. The first-order valence-corrected chi connectivity index (χ1v) is 9.56. The molecule has 1 aromatic rings. The molecule has 0 N–H and O–H groups in total. The standard InChI is InChI=1S/C19H24N4O8/c1-6-29-17(24)16-20-15(13-8-7-9-14(10-13)23(27)28)21(18(25)30-11(2)3)22(16)19(26)31-12(4)5/h7-12,15H,6H2,1-5H3. The molecule has 1 atom stereocenters. The Labute approximate surface area is 178 Å². The highest BCUT2D eigenvalue weighted by molar-refractivity contribution is 6.38. The number of carbonyl (C=O) groups excluding carboxylic acids is 3. The molecule has 0 fully saturated rings. The van der Waals surface area contributed by atoms with E-state index in [0.717, 1.165) is 5.01 Å². The summed E-state index contributed by atoms with van der Waals surface area (Å²) in [6, 6.07) is 5.31. The van der Waals surface area contributed by atoms with Crippen molar-refractivity contribution in [3.05, 3.63) is 39.9 Å². The number of hydrogen-bond acceptors (Lipinski definition) is 9. The number of carbonyl (C=O) groups is 3. The Balaban J connectivity index is 2.62. The first-order valence-electron chi connectivity index (χ1n) is 9.56. The minimum absolute atomic E-state index is 0.0111. The fraction of sp³-hybridized carbons (Fsp3) is 0.474. The molecule has 2 amide bonds. The summed E-state index contributed by atoms with van der Waals surface area (Å²) < 4.78 is 15.3. The van der Waals surface area contributed by atoms with Crippen molar-refractivity contribution in [2.75, 3.05) is 6.61 Å². The number of nitro benzene ring substituents is 1. The Morgan fingerprint density at radius 2 is 1.74 bits per heavy atom. The molecule has 31 heavy (non-hydrogen) atoms. The average molecular weight is 436 g/mol. The molecular formula is C19H24N4O8. The molecule has 12 heteroatoms. The van der Waals surface area contributed by atoms with Crippen molar-refractivity contribution in [3.63, 3.8) is 0 Å². The van der Waals surface area contributed by atoms with Crippen molar-refractivity contribution in [1.29, 1.82) is 0 Å². The molecule has 1 aliphatic rings. The summed E-state index contributed by atoms with van der Waals surface area (Å²) in [6.07, 6.45) is -4.50. The zero-order chi connectivity index (χ0) is 23.3. The van der Waals surface area contributed by atoms with Crippen molar-refractivity contribution in [2.24, 2.45) is 4.99 Å². The highest BCUT2D eigenvalue weighted by atomic mass is 16.6. The average Bonchev–Trinajstić information content (AvgIpc) is 3.08. The van der Waals surface area contributed by atoms with E-state index in [2.05, 4.69) is 4.99 Å². The highest BCUT2D eigenvalue weighted by Crippen LogP contribution is 2.34. The summed E-state index contributed by atoms with van der Waals surface area (Å²) in [5, 5.41) is 12.6. The van der Waals surface area contributed by atoms with E-state index < -0.39 is 47.3 Å². The minimum atomic E-state index is -1.30. The van der Waals surface area contributed by atoms with Crippen LogP contribution in [0.5, 0.6) is 0 Å². The van der Waals surface area contributed by atoms with E-state index in [4.69, 9.17) is 14.2 Å². The molecule has 0 aliphatic carbocycles. The number of nitrogens with zero attached hydrogens (tertiary/aromatic N) is 4. The summed E-state index contributed by atoms with van der Waals surface area (Å²) in [6.45, 7) is 7.92. The lowest BCUT2D eigenvalue weighted by atomic mass is 10.1. The molecule has 0 radical (unpaired) electrons. The Bertz CT molecular complexity index is 899. The molecule has 0 bridgehead atoms. The minimum Gasteiger partial charge on any atom is -0.460 e. The van der Waals surface area contributed by atoms with Crippen LogP contribution >= 0.6 is 0 Å². The van der Waals surface area contributed by atoms with Gasteiger partial charge in [-0.2, -0.15) is 10.0 Å². The van der Waals surface area contributed by atoms with Crippen LogP contribution in [0.2, 0.25) is 0 Å². The van der Waals surface area contributed by atoms with Crippen LogP contribution < -0.4 is 0 Å². The predicted molar refractivity (Wildman–Crippen MR) is 107 cm³/mol. The van der Waals surface area contributed by atoms with Crippen LogP contribution in [0.1, 0.15) is 46.3 Å². The normalized spacial score (nSPS) is 15.7. The van der Waals surface area contributed by atoms with E-state index in [9.17, 15) is 24.5 Å². The van der Waals surface area contributed by atoms with Crippen LogP contribution in [-0.4, -0.2) is 57.7 Å². The van der Waals surface area contributed by atoms with Gasteiger partial charge in [0.05, 0.1) is 23.7 Å². The highest BCUT2D eigenvalue weighted by Gasteiger charge is 2.47. The molecule has 1 aliphatic heterocycles. The molecule has 12 nitrogen and oxygen atoms in total. The maximum Gasteiger partial charge on any atom is 0.435 e. The van der Waals surface area contributed by atoms with Crippen LogP contribution in [0, 0.1) is 10.1 Å². The number of ether oxygens (including phenoxy) is 3. The van der Waals surface area contributed by atoms with Crippen molar-refractivity contribution < 1.29 is 33.5 Å². The number of esters is 1. The summed E-state index contributed by atoms with van der Waals surface area (Å²) >= 11 is 0. The van der Waals surface area contributed by atoms with Crippen molar-refractivity contribution in [1.82, 2.24) is 10.0 Å². The number of amides is 2. The third-order valence-corrected chi connectivity index (χ3v) is 3.76. The first kappa shape index (κ1) is 23.6. The molecule has 1 aromatic carbocycles. The van der Waals surface area contributed by atoms with Gasteiger partial charge in [-0.3, -0.25) is 10.1 Å². The molecule has 2 rings (SSSR count). The third-order valence-electron chi connectivity index (χ3n) is 3.76. The number of hydrogen-bond donors (Lipinski definition) is 0. The summed E-state index contributed by atoms with van der Waals surface area (Å²) in [5.41, 5.74) is -0.0812. The Morgan fingerprint density at radius 1 is 1.13 bits per heavy atom. The number of rotatable bonds is 6. The molecule has 168 valence electrons. The third kappa shape index (κ3) is 5.47. The molecule has 0 aromatic heterocycles. The largest absolute Gasteiger partial charge is 0.460 e. The van der Waals surface area contributed by atoms with Gasteiger partial charge in [-0.25, -0.2) is 19.4 Å². The van der Waals surface area contributed by atoms with E-state index in [1.807, 2.05) is 0 Å². The molecule has 1 unspecified atom stereocenters. The number of nitro groups is 1. The van der Waals surface area contributed by atoms with E-state index in [1.54, 1.807) is 34.6 Å². The van der Waals surface area contributed by atoms with Crippen molar-refractivity contribution in [2.45, 2.75) is 53.0 Å². The summed E-state index contributed by atoms with van der Waals surface area (Å²) in [4.78, 5) is 52.9. The van der Waals surface area contributed by atoms with Gasteiger partial charge >= 0.3 is 18.2 Å². The number of benzene rings is 1. The van der Waals surface area contributed by atoms with Gasteiger partial charge in [0.2, 0.25) is 5.84 Å². The smallest absolute Gasteiger partial charge is 0.435 e. The lowest BCUT2D eigenvalue weighted by Gasteiger charge is -2.30. The van der Waals surface area contributed by atoms with Gasteiger partial charge in [0.15, 0.2) is 6.17 Å². The zero-order valence-electron chi connectivity index (χ0n) is 17.8. The van der Waals surface area contributed by atoms with Gasteiger partial charge in [0.25, 0.3) is 5.69 Å². The van der Waals surface area contributed by atoms with Crippen molar-refractivity contribution in [3.8, 4) is 0 Å². The molecule has 0 saturated heterocycles. The molecule has 1 heterocycles. The maximum atomic E-state index is 12.9. The van der Waals surface area contributed by atoms with Gasteiger partial charge in [0.1, 0.15) is 0 Å². The van der Waals surface area contributed by atoms with Gasteiger partial charge in [-0.05, 0) is 34.6 Å². The molecular weight excluding hydrogens is 412 g/mol. The second-order valence-corrected chi connectivity index (χ2v) is 6.92. The fourth-order valence-electron chi connectivity index (χ4n) is 2.65. The van der Waals surface area contributed by atoms with Crippen LogP contribution in [0.25, 0.3) is 0 Å². The van der Waals surface area contributed by atoms with E-state index in [-0.39, 0.29) is 17.9 Å². The fourth-order valence-corrected chi connectivity index (χ4v) is 2.65. The van der Waals surface area contributed by atoms with Crippen LogP contribution in [0.3, 0.4) is 0 Å². The predicted octanol–water partition coefficient (Wildman–Crippen LogP) is 3.18. The van der Waals surface area contributed by atoms with Crippen LogP contribution in [0.15, 0.2) is 29.3 Å². The van der Waals surface area contributed by atoms with E-state index >= 15 is 0 Å². The topological polar surface area (TPSA) is 141 Å². The lowest BCUT2D eigenvalue weighted by Crippen LogP contribution is -2.52. The van der Waals surface area contributed by atoms with E-state index in [0.29, 0.717) is 5.01 Å². The van der Waals surface area contributed by atoms with Gasteiger partial charge < -0.3 is 14.2 Å². The monoisotopic (exact) mass is 436 g/mol. The zero-order valence-corrected chi connectivity index (χ0v) is 17.8. The number of amidine groups is 1. The second kappa shape index (κ2) is 9.87. The van der Waals surface area contributed by atoms with E-state index in [1.165, 1.54) is 24.3 Å². The molecule has 0 spiro atoms. The number of aliphatic imine (C=N–C) groups is 1. The van der Waals surface area contributed by atoms with Gasteiger partial charge in [-0.15, -0.1) is 0 Å². The maximum absolute atomic E-state index is 12.9. The molecule has 0 saturated carbocycles. The SMILES string of the molecule is CCOC(=O)C1=NC(c2cccc([N+](=O)[O-])c2)N(C(=O)OC(C)C)N1C(=O)OC(C)C. The van der Waals surface area contributed by atoms with Crippen molar-refractivity contribution >= 4 is 29.7 Å². The van der Waals surface area contributed by atoms with Crippen LogP contribution in [-0.2, 0) is 19.0 Å². The first-order chi connectivity index (χ1) is 14.6. The van der Waals surface area contributed by atoms with Gasteiger partial charge in [0, 0.05) is 17.7 Å². The quantitative estimate of drug-likeness (QED) is 0.286. The number of non-ortho nitro benzene ring substituents is 1. The van der Waals surface area contributed by atoms with Crippen LogP contribution in [0.4, 0.5) is 15.3 Å². The Hall–Kier alpha value is -3.70. The Kier molecular flexibility index (Phi) is 7.51.